The lowest BCUT2D eigenvalue weighted by molar-refractivity contribution is -0.118. The van der Waals surface area contributed by atoms with Gasteiger partial charge in [-0.1, -0.05) is 15.9 Å². The van der Waals surface area contributed by atoms with E-state index in [9.17, 15) is 10.1 Å². The van der Waals surface area contributed by atoms with Crippen LogP contribution >= 0.6 is 27.3 Å². The number of amides is 1. The van der Waals surface area contributed by atoms with Crippen LogP contribution < -0.4 is 10.1 Å². The molecule has 1 aromatic carbocycles. The molecular formula is C16H13BrN2O2S. The number of carbonyl (C=O) groups excluding carboxylic acids is 1. The summed E-state index contributed by atoms with van der Waals surface area (Å²) >= 11 is 4.85. The van der Waals surface area contributed by atoms with Gasteiger partial charge in [-0.05, 0) is 49.1 Å². The molecule has 1 heterocycles. The highest BCUT2D eigenvalue weighted by atomic mass is 79.9. The van der Waals surface area contributed by atoms with Crippen molar-refractivity contribution < 1.29 is 9.53 Å². The number of nitrogens with one attached hydrogen (secondary N) is 1. The third kappa shape index (κ3) is 3.16. The van der Waals surface area contributed by atoms with Gasteiger partial charge < -0.3 is 10.1 Å². The first-order chi connectivity index (χ1) is 10.7. The van der Waals surface area contributed by atoms with Crippen LogP contribution in [0.15, 0.2) is 28.7 Å². The lowest BCUT2D eigenvalue weighted by Gasteiger charge is -2.07. The summed E-state index contributed by atoms with van der Waals surface area (Å²) in [6.07, 6.45) is 3.02. The maximum atomic E-state index is 12.0. The molecule has 0 atom stereocenters. The fraction of sp³-hybridized carbons (Fsp3) is 0.250. The highest BCUT2D eigenvalue weighted by Crippen LogP contribution is 2.38. The summed E-state index contributed by atoms with van der Waals surface area (Å²) in [5, 5.41) is 12.7. The van der Waals surface area contributed by atoms with Crippen LogP contribution in [0.25, 0.3) is 0 Å². The van der Waals surface area contributed by atoms with Gasteiger partial charge in [-0.25, -0.2) is 0 Å². The summed E-state index contributed by atoms with van der Waals surface area (Å²) in [5.41, 5.74) is 1.73. The minimum atomic E-state index is -0.251. The largest absolute Gasteiger partial charge is 0.484 e. The zero-order chi connectivity index (χ0) is 15.5. The Morgan fingerprint density at radius 1 is 1.36 bits per heavy atom. The Balaban J connectivity index is 1.63. The fourth-order valence-corrected chi connectivity index (χ4v) is 3.97. The number of thiophene rings is 1. The molecule has 1 aromatic heterocycles. The number of aryl methyl sites for hydroxylation is 1. The number of hydrogen-bond acceptors (Lipinski definition) is 4. The molecule has 0 aliphatic heterocycles. The average molecular weight is 377 g/mol. The molecular weight excluding hydrogens is 364 g/mol. The highest BCUT2D eigenvalue weighted by molar-refractivity contribution is 9.10. The molecule has 0 saturated heterocycles. The summed E-state index contributed by atoms with van der Waals surface area (Å²) < 4.78 is 6.39. The van der Waals surface area contributed by atoms with E-state index in [1.165, 1.54) is 16.2 Å². The number of hydrogen-bond donors (Lipinski definition) is 1. The van der Waals surface area contributed by atoms with Crippen molar-refractivity contribution in [2.75, 3.05) is 11.9 Å². The second kappa shape index (κ2) is 6.51. The molecule has 0 unspecified atom stereocenters. The molecule has 1 aliphatic carbocycles. The van der Waals surface area contributed by atoms with Gasteiger partial charge >= 0.3 is 0 Å². The number of fused-ring (bicyclic) bond motifs is 1. The molecule has 0 bridgehead atoms. The molecule has 0 spiro atoms. The van der Waals surface area contributed by atoms with E-state index >= 15 is 0 Å². The van der Waals surface area contributed by atoms with E-state index in [0.29, 0.717) is 16.3 Å². The summed E-state index contributed by atoms with van der Waals surface area (Å²) in [5.74, 6) is 0.381. The van der Waals surface area contributed by atoms with Gasteiger partial charge in [0, 0.05) is 9.35 Å². The first-order valence-corrected chi connectivity index (χ1v) is 8.51. The number of benzene rings is 1. The molecule has 112 valence electrons. The number of nitrogens with zero attached hydrogens (tertiary/aromatic N) is 1. The fourth-order valence-electron chi connectivity index (χ4n) is 2.45. The number of anilines is 1. The van der Waals surface area contributed by atoms with E-state index in [2.05, 4.69) is 27.3 Å². The van der Waals surface area contributed by atoms with E-state index in [1.54, 1.807) is 12.1 Å². The molecule has 6 heteroatoms. The van der Waals surface area contributed by atoms with E-state index in [-0.39, 0.29) is 12.5 Å². The first kappa shape index (κ1) is 15.1. The number of carbonyl (C=O) groups is 1. The second-order valence-electron chi connectivity index (χ2n) is 4.96. The van der Waals surface area contributed by atoms with Gasteiger partial charge in [0.1, 0.15) is 16.8 Å². The Labute approximate surface area is 140 Å². The van der Waals surface area contributed by atoms with Crippen LogP contribution in [0.3, 0.4) is 0 Å². The lowest BCUT2D eigenvalue weighted by atomic mass is 10.1. The average Bonchev–Trinajstić information content (AvgIpc) is 3.07. The standard InChI is InChI=1S/C16H13BrN2O2S/c17-10-4-6-11(7-5-10)21-9-15(20)19-16-13(8-18)12-2-1-3-14(12)22-16/h4-7H,1-3,9H2,(H,19,20). The van der Waals surface area contributed by atoms with Gasteiger partial charge in [0.15, 0.2) is 6.61 Å². The van der Waals surface area contributed by atoms with Gasteiger partial charge in [-0.15, -0.1) is 11.3 Å². The maximum absolute atomic E-state index is 12.0. The van der Waals surface area contributed by atoms with Crippen LogP contribution in [0.5, 0.6) is 5.75 Å². The Kier molecular flexibility index (Phi) is 4.46. The normalized spacial score (nSPS) is 12.5. The van der Waals surface area contributed by atoms with E-state index in [1.807, 2.05) is 12.1 Å². The van der Waals surface area contributed by atoms with E-state index in [0.717, 1.165) is 29.3 Å². The summed E-state index contributed by atoms with van der Waals surface area (Å²) in [6, 6.07) is 9.49. The van der Waals surface area contributed by atoms with Crippen molar-refractivity contribution in [1.29, 1.82) is 5.26 Å². The minimum absolute atomic E-state index is 0.0743. The minimum Gasteiger partial charge on any atom is -0.484 e. The second-order valence-corrected chi connectivity index (χ2v) is 6.98. The van der Waals surface area contributed by atoms with E-state index in [4.69, 9.17) is 4.74 Å². The summed E-state index contributed by atoms with van der Waals surface area (Å²) in [7, 11) is 0. The van der Waals surface area contributed by atoms with Crippen LogP contribution in [0.4, 0.5) is 5.00 Å². The molecule has 0 saturated carbocycles. The van der Waals surface area contributed by atoms with Gasteiger partial charge in [0.25, 0.3) is 5.91 Å². The van der Waals surface area contributed by atoms with Crippen LogP contribution in [0.2, 0.25) is 0 Å². The predicted octanol–water partition coefficient (Wildman–Crippen LogP) is 3.89. The predicted molar refractivity (Wildman–Crippen MR) is 89.3 cm³/mol. The Bertz CT molecular complexity index is 747. The van der Waals surface area contributed by atoms with Crippen molar-refractivity contribution in [3.05, 3.63) is 44.7 Å². The smallest absolute Gasteiger partial charge is 0.262 e. The number of halogens is 1. The Morgan fingerprint density at radius 3 is 2.86 bits per heavy atom. The molecule has 1 amide bonds. The van der Waals surface area contributed by atoms with Gasteiger partial charge in [-0.3, -0.25) is 4.79 Å². The van der Waals surface area contributed by atoms with Crippen molar-refractivity contribution in [2.45, 2.75) is 19.3 Å². The molecule has 4 nitrogen and oxygen atoms in total. The molecule has 0 fully saturated rings. The van der Waals surface area contributed by atoms with Gasteiger partial charge in [0.05, 0.1) is 5.56 Å². The Morgan fingerprint density at radius 2 is 2.14 bits per heavy atom. The quantitative estimate of drug-likeness (QED) is 0.880. The topological polar surface area (TPSA) is 62.1 Å². The van der Waals surface area contributed by atoms with Crippen LogP contribution in [0, 0.1) is 11.3 Å². The molecule has 1 aliphatic rings. The first-order valence-electron chi connectivity index (χ1n) is 6.90. The van der Waals surface area contributed by atoms with Crippen molar-refractivity contribution in [3.8, 4) is 11.8 Å². The molecule has 2 aromatic rings. The number of rotatable bonds is 4. The van der Waals surface area contributed by atoms with Crippen LogP contribution in [-0.2, 0) is 17.6 Å². The van der Waals surface area contributed by atoms with Crippen LogP contribution in [-0.4, -0.2) is 12.5 Å². The molecule has 0 radical (unpaired) electrons. The lowest BCUT2D eigenvalue weighted by Crippen LogP contribution is -2.20. The number of ether oxygens (including phenoxy) is 1. The summed E-state index contributed by atoms with van der Waals surface area (Å²) in [6.45, 7) is -0.0743. The van der Waals surface area contributed by atoms with Crippen LogP contribution in [0.1, 0.15) is 22.4 Å². The SMILES string of the molecule is N#Cc1c(NC(=O)COc2ccc(Br)cc2)sc2c1CCC2. The van der Waals surface area contributed by atoms with Crippen molar-refractivity contribution in [3.63, 3.8) is 0 Å². The number of nitriles is 1. The third-order valence-electron chi connectivity index (χ3n) is 3.47. The Hall–Kier alpha value is -1.84. The highest BCUT2D eigenvalue weighted by Gasteiger charge is 2.23. The van der Waals surface area contributed by atoms with Gasteiger partial charge in [-0.2, -0.15) is 5.26 Å². The van der Waals surface area contributed by atoms with E-state index < -0.39 is 0 Å². The monoisotopic (exact) mass is 376 g/mol. The molecule has 3 rings (SSSR count). The van der Waals surface area contributed by atoms with Crippen molar-refractivity contribution >= 4 is 38.2 Å². The maximum Gasteiger partial charge on any atom is 0.262 e. The zero-order valence-electron chi connectivity index (χ0n) is 11.7. The third-order valence-corrected chi connectivity index (χ3v) is 5.21. The zero-order valence-corrected chi connectivity index (χ0v) is 14.1. The van der Waals surface area contributed by atoms with Crippen molar-refractivity contribution in [2.24, 2.45) is 0 Å². The van der Waals surface area contributed by atoms with Gasteiger partial charge in [0.2, 0.25) is 0 Å². The molecule has 1 N–H and O–H groups in total. The molecule has 22 heavy (non-hydrogen) atoms. The van der Waals surface area contributed by atoms with Crippen molar-refractivity contribution in [1.82, 2.24) is 0 Å². The summed E-state index contributed by atoms with van der Waals surface area (Å²) in [4.78, 5) is 13.2.